The molecule has 0 heterocycles. The maximum atomic E-state index is 12.3. The molecule has 1 N–H and O–H groups in total. The molecule has 0 bridgehead atoms. The number of benzene rings is 1. The lowest BCUT2D eigenvalue weighted by Gasteiger charge is -2.19. The molecule has 0 radical (unpaired) electrons. The first kappa shape index (κ1) is 17.4. The van der Waals surface area contributed by atoms with Gasteiger partial charge in [-0.05, 0) is 6.92 Å². The molecule has 0 saturated heterocycles. The van der Waals surface area contributed by atoms with Crippen LogP contribution in [0.1, 0.15) is 18.9 Å². The van der Waals surface area contributed by atoms with Crippen molar-refractivity contribution in [2.24, 2.45) is 0 Å². The fourth-order valence-electron chi connectivity index (χ4n) is 1.95. The van der Waals surface area contributed by atoms with Crippen molar-refractivity contribution in [3.63, 3.8) is 0 Å². The number of hydrogen-bond acceptors (Lipinski definition) is 4. The van der Waals surface area contributed by atoms with Gasteiger partial charge in [-0.1, -0.05) is 0 Å². The van der Waals surface area contributed by atoms with Crippen molar-refractivity contribution in [2.75, 3.05) is 21.3 Å². The Morgan fingerprint density at radius 1 is 1.05 bits per heavy atom. The predicted molar refractivity (Wildman–Crippen MR) is 73.1 cm³/mol. The number of nitrogens with one attached hydrogen (secondary N) is 1. The van der Waals surface area contributed by atoms with Gasteiger partial charge in [-0.3, -0.25) is 0 Å². The summed E-state index contributed by atoms with van der Waals surface area (Å²) in [4.78, 5) is 0. The Bertz CT molecular complexity index is 438. The molecule has 120 valence electrons. The van der Waals surface area contributed by atoms with Crippen LogP contribution in [0.2, 0.25) is 0 Å². The van der Waals surface area contributed by atoms with Crippen LogP contribution in [0.4, 0.5) is 13.2 Å². The van der Waals surface area contributed by atoms with Gasteiger partial charge >= 0.3 is 6.18 Å². The van der Waals surface area contributed by atoms with Gasteiger partial charge in [0.05, 0.1) is 33.3 Å². The summed E-state index contributed by atoms with van der Waals surface area (Å²) in [5.74, 6) is 1.55. The summed E-state index contributed by atoms with van der Waals surface area (Å²) < 4.78 is 52.5. The first-order valence-corrected chi connectivity index (χ1v) is 6.39. The molecule has 0 aliphatic rings. The van der Waals surface area contributed by atoms with Crippen molar-refractivity contribution in [1.82, 2.24) is 5.32 Å². The van der Waals surface area contributed by atoms with Crippen molar-refractivity contribution in [1.29, 1.82) is 0 Å². The lowest BCUT2D eigenvalue weighted by atomic mass is 10.1. The Morgan fingerprint density at radius 3 is 1.95 bits per heavy atom. The van der Waals surface area contributed by atoms with E-state index in [0.29, 0.717) is 22.8 Å². The summed E-state index contributed by atoms with van der Waals surface area (Å²) in [6, 6.07) is 2.61. The van der Waals surface area contributed by atoms with E-state index >= 15 is 0 Å². The van der Waals surface area contributed by atoms with E-state index in [1.165, 1.54) is 28.3 Å². The minimum Gasteiger partial charge on any atom is -0.496 e. The monoisotopic (exact) mass is 307 g/mol. The second-order valence-electron chi connectivity index (χ2n) is 4.61. The van der Waals surface area contributed by atoms with Crippen LogP contribution in [-0.2, 0) is 6.54 Å². The third-order valence-corrected chi connectivity index (χ3v) is 2.98. The van der Waals surface area contributed by atoms with Crippen LogP contribution in [0.5, 0.6) is 17.2 Å². The minimum absolute atomic E-state index is 0.202. The van der Waals surface area contributed by atoms with E-state index < -0.39 is 18.6 Å². The van der Waals surface area contributed by atoms with Gasteiger partial charge in [-0.25, -0.2) is 0 Å². The Balaban J connectivity index is 2.86. The molecule has 0 aliphatic carbocycles. The lowest BCUT2D eigenvalue weighted by Crippen LogP contribution is -2.31. The summed E-state index contributed by atoms with van der Waals surface area (Å²) in [6.07, 6.45) is -5.09. The summed E-state index contributed by atoms with van der Waals surface area (Å²) in [6.45, 7) is 1.68. The van der Waals surface area contributed by atoms with E-state index in [1.807, 2.05) is 0 Å². The lowest BCUT2D eigenvalue weighted by molar-refractivity contribution is -0.139. The number of methoxy groups -OCH3 is 3. The summed E-state index contributed by atoms with van der Waals surface area (Å²) in [7, 11) is 4.48. The molecule has 0 spiro atoms. The smallest absolute Gasteiger partial charge is 0.390 e. The first-order valence-electron chi connectivity index (χ1n) is 6.39. The van der Waals surface area contributed by atoms with Crippen LogP contribution in [0.3, 0.4) is 0 Å². The molecule has 0 aliphatic heterocycles. The zero-order chi connectivity index (χ0) is 16.0. The third kappa shape index (κ3) is 5.34. The maximum absolute atomic E-state index is 12.3. The van der Waals surface area contributed by atoms with Gasteiger partial charge in [0.2, 0.25) is 0 Å². The number of halogens is 3. The van der Waals surface area contributed by atoms with Crippen molar-refractivity contribution < 1.29 is 27.4 Å². The fraction of sp³-hybridized carbons (Fsp3) is 0.571. The molecule has 1 aromatic rings. The van der Waals surface area contributed by atoms with Gasteiger partial charge in [0.25, 0.3) is 0 Å². The highest BCUT2D eigenvalue weighted by atomic mass is 19.4. The van der Waals surface area contributed by atoms with Crippen LogP contribution >= 0.6 is 0 Å². The van der Waals surface area contributed by atoms with Crippen molar-refractivity contribution in [3.05, 3.63) is 17.7 Å². The van der Waals surface area contributed by atoms with Gasteiger partial charge in [-0.2, -0.15) is 13.2 Å². The van der Waals surface area contributed by atoms with Crippen molar-refractivity contribution in [3.8, 4) is 17.2 Å². The number of ether oxygens (including phenoxy) is 3. The third-order valence-electron chi connectivity index (χ3n) is 2.98. The average molecular weight is 307 g/mol. The topological polar surface area (TPSA) is 39.7 Å². The maximum Gasteiger partial charge on any atom is 0.390 e. The molecule has 0 saturated carbocycles. The van der Waals surface area contributed by atoms with E-state index in [2.05, 4.69) is 5.32 Å². The van der Waals surface area contributed by atoms with Crippen molar-refractivity contribution in [2.45, 2.75) is 32.1 Å². The van der Waals surface area contributed by atoms with Crippen LogP contribution in [0, 0.1) is 0 Å². The Kier molecular flexibility index (Phi) is 6.14. The Labute approximate surface area is 122 Å². The summed E-state index contributed by atoms with van der Waals surface area (Å²) >= 11 is 0. The number of rotatable bonds is 7. The van der Waals surface area contributed by atoms with Gasteiger partial charge in [-0.15, -0.1) is 0 Å². The highest BCUT2D eigenvalue weighted by Gasteiger charge is 2.30. The second-order valence-corrected chi connectivity index (χ2v) is 4.61. The van der Waals surface area contributed by atoms with E-state index in [4.69, 9.17) is 14.2 Å². The zero-order valence-electron chi connectivity index (χ0n) is 12.5. The van der Waals surface area contributed by atoms with E-state index in [-0.39, 0.29) is 6.54 Å². The largest absolute Gasteiger partial charge is 0.496 e. The standard InChI is InChI=1S/C14H20F3NO3/c1-9(7-14(15,16)17)18-8-11-12(20-3)5-10(19-2)6-13(11)21-4/h5-6,9,18H,7-8H2,1-4H3. The molecular formula is C14H20F3NO3. The number of alkyl halides is 3. The normalized spacial score (nSPS) is 12.9. The summed E-state index contributed by atoms with van der Waals surface area (Å²) in [5, 5.41) is 2.82. The van der Waals surface area contributed by atoms with Crippen molar-refractivity contribution >= 4 is 0 Å². The molecule has 1 aromatic carbocycles. The van der Waals surface area contributed by atoms with E-state index in [1.54, 1.807) is 12.1 Å². The van der Waals surface area contributed by atoms with Crippen LogP contribution < -0.4 is 19.5 Å². The molecule has 1 atom stereocenters. The SMILES string of the molecule is COc1cc(OC)c(CNC(C)CC(F)(F)F)c(OC)c1. The molecule has 1 unspecified atom stereocenters. The van der Waals surface area contributed by atoms with Gasteiger partial charge in [0.15, 0.2) is 0 Å². The Hall–Kier alpha value is -1.63. The van der Waals surface area contributed by atoms with Gasteiger partial charge in [0, 0.05) is 24.7 Å². The highest BCUT2D eigenvalue weighted by Crippen LogP contribution is 2.34. The molecule has 0 amide bonds. The zero-order valence-corrected chi connectivity index (χ0v) is 12.5. The quantitative estimate of drug-likeness (QED) is 0.840. The number of hydrogen-bond donors (Lipinski definition) is 1. The minimum atomic E-state index is -4.19. The molecule has 1 rings (SSSR count). The fourth-order valence-corrected chi connectivity index (χ4v) is 1.95. The van der Waals surface area contributed by atoms with Crippen LogP contribution in [-0.4, -0.2) is 33.5 Å². The van der Waals surface area contributed by atoms with Crippen LogP contribution in [0.25, 0.3) is 0 Å². The van der Waals surface area contributed by atoms with Gasteiger partial charge < -0.3 is 19.5 Å². The Morgan fingerprint density at radius 2 is 1.57 bits per heavy atom. The second kappa shape index (κ2) is 7.40. The van der Waals surface area contributed by atoms with E-state index in [9.17, 15) is 13.2 Å². The molecule has 4 nitrogen and oxygen atoms in total. The summed E-state index contributed by atoms with van der Waals surface area (Å²) in [5.41, 5.74) is 0.648. The van der Waals surface area contributed by atoms with E-state index in [0.717, 1.165) is 0 Å². The molecule has 0 aromatic heterocycles. The average Bonchev–Trinajstić information content (AvgIpc) is 2.42. The highest BCUT2D eigenvalue weighted by molar-refractivity contribution is 5.50. The molecule has 21 heavy (non-hydrogen) atoms. The first-order chi connectivity index (χ1) is 9.80. The molecular weight excluding hydrogens is 287 g/mol. The predicted octanol–water partition coefficient (Wildman–Crippen LogP) is 3.14. The molecule has 7 heteroatoms. The molecule has 0 fully saturated rings. The van der Waals surface area contributed by atoms with Gasteiger partial charge in [0.1, 0.15) is 17.2 Å². The van der Waals surface area contributed by atoms with Crippen LogP contribution in [0.15, 0.2) is 12.1 Å².